The second-order valence-electron chi connectivity index (χ2n) is 4.70. The minimum atomic E-state index is -0.325. The number of amides is 1. The minimum Gasteiger partial charge on any atom is -0.497 e. The number of thiazole rings is 1. The molecule has 1 N–H and O–H groups in total. The Labute approximate surface area is 138 Å². The third kappa shape index (κ3) is 5.37. The zero-order chi connectivity index (χ0) is 16.7. The molecule has 0 aliphatic carbocycles. The van der Waals surface area contributed by atoms with Gasteiger partial charge in [0.05, 0.1) is 32.3 Å². The third-order valence-corrected chi connectivity index (χ3v) is 3.76. The van der Waals surface area contributed by atoms with E-state index in [1.165, 1.54) is 11.3 Å². The number of hydrogen-bond donors (Lipinski definition) is 1. The van der Waals surface area contributed by atoms with E-state index in [2.05, 4.69) is 10.3 Å². The van der Waals surface area contributed by atoms with Gasteiger partial charge in [0, 0.05) is 5.38 Å². The first kappa shape index (κ1) is 17.0. The summed E-state index contributed by atoms with van der Waals surface area (Å²) in [7, 11) is 1.60. The van der Waals surface area contributed by atoms with Gasteiger partial charge in [0.2, 0.25) is 5.91 Å². The Hall–Kier alpha value is -2.41. The second kappa shape index (κ2) is 8.28. The molecule has 1 amide bonds. The van der Waals surface area contributed by atoms with Crippen molar-refractivity contribution in [3.8, 4) is 5.75 Å². The van der Waals surface area contributed by atoms with Gasteiger partial charge in [-0.2, -0.15) is 0 Å². The zero-order valence-corrected chi connectivity index (χ0v) is 13.8. The number of rotatable bonds is 7. The SMILES string of the molecule is CCOC(=O)Cc1csc(NC(=O)Cc2ccc(OC)cc2)n1. The normalized spacial score (nSPS) is 10.2. The average Bonchev–Trinajstić information content (AvgIpc) is 2.95. The maximum Gasteiger partial charge on any atom is 0.311 e. The molecule has 2 aromatic rings. The Morgan fingerprint density at radius 3 is 2.61 bits per heavy atom. The van der Waals surface area contributed by atoms with Gasteiger partial charge >= 0.3 is 5.97 Å². The van der Waals surface area contributed by atoms with Gasteiger partial charge in [0.1, 0.15) is 5.75 Å². The molecule has 6 nitrogen and oxygen atoms in total. The van der Waals surface area contributed by atoms with Crippen LogP contribution in [0.1, 0.15) is 18.2 Å². The van der Waals surface area contributed by atoms with Crippen molar-refractivity contribution >= 4 is 28.3 Å². The quantitative estimate of drug-likeness (QED) is 0.787. The zero-order valence-electron chi connectivity index (χ0n) is 13.0. The lowest BCUT2D eigenvalue weighted by Gasteiger charge is -2.03. The molecule has 0 bridgehead atoms. The Kier molecular flexibility index (Phi) is 6.10. The van der Waals surface area contributed by atoms with Crippen molar-refractivity contribution in [2.24, 2.45) is 0 Å². The minimum absolute atomic E-state index is 0.110. The van der Waals surface area contributed by atoms with Gasteiger partial charge in [-0.1, -0.05) is 12.1 Å². The molecule has 0 saturated carbocycles. The summed E-state index contributed by atoms with van der Waals surface area (Å²) in [5, 5.41) is 4.94. The Morgan fingerprint density at radius 2 is 1.96 bits per heavy atom. The van der Waals surface area contributed by atoms with E-state index in [4.69, 9.17) is 9.47 Å². The van der Waals surface area contributed by atoms with Gasteiger partial charge < -0.3 is 14.8 Å². The summed E-state index contributed by atoms with van der Waals surface area (Å²) in [5.41, 5.74) is 1.47. The van der Waals surface area contributed by atoms with Crippen LogP contribution in [0, 0.1) is 0 Å². The fourth-order valence-electron chi connectivity index (χ4n) is 1.90. The molecular formula is C16H18N2O4S. The lowest BCUT2D eigenvalue weighted by molar-refractivity contribution is -0.142. The Balaban J connectivity index is 1.87. The van der Waals surface area contributed by atoms with Crippen molar-refractivity contribution in [3.05, 3.63) is 40.9 Å². The van der Waals surface area contributed by atoms with Crippen molar-refractivity contribution in [2.75, 3.05) is 19.0 Å². The van der Waals surface area contributed by atoms with Crippen molar-refractivity contribution in [1.29, 1.82) is 0 Å². The molecule has 1 aromatic carbocycles. The molecule has 2 rings (SSSR count). The summed E-state index contributed by atoms with van der Waals surface area (Å²) >= 11 is 1.28. The molecular weight excluding hydrogens is 316 g/mol. The Morgan fingerprint density at radius 1 is 1.22 bits per heavy atom. The van der Waals surface area contributed by atoms with Gasteiger partial charge in [0.15, 0.2) is 5.13 Å². The molecule has 0 saturated heterocycles. The highest BCUT2D eigenvalue weighted by molar-refractivity contribution is 7.13. The fraction of sp³-hybridized carbons (Fsp3) is 0.312. The highest BCUT2D eigenvalue weighted by atomic mass is 32.1. The molecule has 0 radical (unpaired) electrons. The lowest BCUT2D eigenvalue weighted by Crippen LogP contribution is -2.14. The molecule has 0 aliphatic rings. The van der Waals surface area contributed by atoms with Crippen LogP contribution >= 0.6 is 11.3 Å². The van der Waals surface area contributed by atoms with Crippen LogP contribution in [0.25, 0.3) is 0 Å². The molecule has 0 unspecified atom stereocenters. The topological polar surface area (TPSA) is 77.5 Å². The number of esters is 1. The first-order valence-electron chi connectivity index (χ1n) is 7.13. The monoisotopic (exact) mass is 334 g/mol. The van der Waals surface area contributed by atoms with Crippen LogP contribution in [-0.4, -0.2) is 30.6 Å². The lowest BCUT2D eigenvalue weighted by atomic mass is 10.1. The number of anilines is 1. The van der Waals surface area contributed by atoms with Crippen LogP contribution in [0.2, 0.25) is 0 Å². The van der Waals surface area contributed by atoms with E-state index in [0.29, 0.717) is 17.4 Å². The molecule has 1 aromatic heterocycles. The van der Waals surface area contributed by atoms with Crippen LogP contribution in [0.15, 0.2) is 29.6 Å². The first-order valence-corrected chi connectivity index (χ1v) is 8.01. The number of benzene rings is 1. The largest absolute Gasteiger partial charge is 0.497 e. The van der Waals surface area contributed by atoms with E-state index >= 15 is 0 Å². The molecule has 0 spiro atoms. The number of ether oxygens (including phenoxy) is 2. The van der Waals surface area contributed by atoms with Gasteiger partial charge in [-0.05, 0) is 24.6 Å². The van der Waals surface area contributed by atoms with Crippen LogP contribution < -0.4 is 10.1 Å². The number of aromatic nitrogens is 1. The van der Waals surface area contributed by atoms with Crippen LogP contribution in [0.4, 0.5) is 5.13 Å². The van der Waals surface area contributed by atoms with E-state index < -0.39 is 0 Å². The predicted octanol–water partition coefficient (Wildman–Crippen LogP) is 2.44. The molecule has 7 heteroatoms. The summed E-state index contributed by atoms with van der Waals surface area (Å²) in [4.78, 5) is 27.6. The van der Waals surface area contributed by atoms with Crippen molar-refractivity contribution in [1.82, 2.24) is 4.98 Å². The molecule has 122 valence electrons. The standard InChI is InChI=1S/C16H18N2O4S/c1-3-22-15(20)9-12-10-23-16(17-12)18-14(19)8-11-4-6-13(21-2)7-5-11/h4-7,10H,3,8-9H2,1-2H3,(H,17,18,19). The maximum absolute atomic E-state index is 12.0. The van der Waals surface area contributed by atoms with Gasteiger partial charge in [0.25, 0.3) is 0 Å². The van der Waals surface area contributed by atoms with E-state index in [0.717, 1.165) is 11.3 Å². The summed E-state index contributed by atoms with van der Waals surface area (Å²) in [6, 6.07) is 7.30. The van der Waals surface area contributed by atoms with Gasteiger partial charge in [-0.3, -0.25) is 9.59 Å². The predicted molar refractivity (Wildman–Crippen MR) is 87.8 cm³/mol. The number of nitrogens with one attached hydrogen (secondary N) is 1. The van der Waals surface area contributed by atoms with E-state index in [9.17, 15) is 9.59 Å². The number of carbonyl (C=O) groups is 2. The summed E-state index contributed by atoms with van der Waals surface area (Å²) < 4.78 is 9.94. The number of nitrogens with zero attached hydrogens (tertiary/aromatic N) is 1. The van der Waals surface area contributed by atoms with E-state index in [-0.39, 0.29) is 24.7 Å². The summed E-state index contributed by atoms with van der Waals surface area (Å²) in [6.45, 7) is 2.10. The van der Waals surface area contributed by atoms with Crippen LogP contribution in [-0.2, 0) is 27.2 Å². The number of hydrogen-bond acceptors (Lipinski definition) is 6. The molecule has 0 atom stereocenters. The van der Waals surface area contributed by atoms with Crippen molar-refractivity contribution in [3.63, 3.8) is 0 Å². The highest BCUT2D eigenvalue weighted by Gasteiger charge is 2.11. The smallest absolute Gasteiger partial charge is 0.311 e. The number of carbonyl (C=O) groups excluding carboxylic acids is 2. The second-order valence-corrected chi connectivity index (χ2v) is 5.56. The average molecular weight is 334 g/mol. The molecule has 0 aliphatic heterocycles. The first-order chi connectivity index (χ1) is 11.1. The fourth-order valence-corrected chi connectivity index (χ4v) is 2.62. The van der Waals surface area contributed by atoms with Crippen LogP contribution in [0.3, 0.4) is 0 Å². The summed E-state index contributed by atoms with van der Waals surface area (Å²) in [6.07, 6.45) is 0.357. The molecule has 1 heterocycles. The van der Waals surface area contributed by atoms with Crippen molar-refractivity contribution < 1.29 is 19.1 Å². The van der Waals surface area contributed by atoms with E-state index in [1.807, 2.05) is 24.3 Å². The van der Waals surface area contributed by atoms with Crippen molar-refractivity contribution in [2.45, 2.75) is 19.8 Å². The van der Waals surface area contributed by atoms with E-state index in [1.54, 1.807) is 19.4 Å². The third-order valence-electron chi connectivity index (χ3n) is 2.95. The van der Waals surface area contributed by atoms with Gasteiger partial charge in [-0.25, -0.2) is 4.98 Å². The molecule has 23 heavy (non-hydrogen) atoms. The van der Waals surface area contributed by atoms with Crippen LogP contribution in [0.5, 0.6) is 5.75 Å². The molecule has 0 fully saturated rings. The van der Waals surface area contributed by atoms with Gasteiger partial charge in [-0.15, -0.1) is 11.3 Å². The summed E-state index contributed by atoms with van der Waals surface area (Å²) in [5.74, 6) is 0.263. The number of methoxy groups -OCH3 is 1. The Bertz CT molecular complexity index is 667. The maximum atomic E-state index is 12.0. The highest BCUT2D eigenvalue weighted by Crippen LogP contribution is 2.17.